The van der Waals surface area contributed by atoms with E-state index in [9.17, 15) is 8.42 Å². The summed E-state index contributed by atoms with van der Waals surface area (Å²) in [7, 11) is -2.89. The quantitative estimate of drug-likeness (QED) is 0.712. The molecule has 3 aromatic rings. The van der Waals surface area contributed by atoms with Gasteiger partial charge in [0.1, 0.15) is 5.82 Å². The van der Waals surface area contributed by atoms with Gasteiger partial charge in [0.2, 0.25) is 0 Å². The summed E-state index contributed by atoms with van der Waals surface area (Å²) in [4.78, 5) is 4.77. The van der Waals surface area contributed by atoms with Crippen molar-refractivity contribution in [3.05, 3.63) is 65.5 Å². The predicted octanol–water partition coefficient (Wildman–Crippen LogP) is 2.93. The molecule has 132 valence electrons. The van der Waals surface area contributed by atoms with Gasteiger partial charge >= 0.3 is 0 Å². The van der Waals surface area contributed by atoms with Crippen LogP contribution in [-0.4, -0.2) is 29.5 Å². The Bertz CT molecular complexity index is 1090. The molecule has 1 aromatic heterocycles. The van der Waals surface area contributed by atoms with Crippen molar-refractivity contribution in [1.29, 1.82) is 5.26 Å². The molecule has 0 N–H and O–H groups in total. The molecule has 0 bridgehead atoms. The van der Waals surface area contributed by atoms with Crippen molar-refractivity contribution in [2.75, 3.05) is 11.5 Å². The van der Waals surface area contributed by atoms with Crippen molar-refractivity contribution in [1.82, 2.24) is 9.55 Å². The lowest BCUT2D eigenvalue weighted by Crippen LogP contribution is -2.12. The van der Waals surface area contributed by atoms with Crippen LogP contribution in [-0.2, 0) is 22.8 Å². The highest BCUT2D eigenvalue weighted by molar-refractivity contribution is 7.91. The van der Waals surface area contributed by atoms with Crippen LogP contribution in [0, 0.1) is 17.2 Å². The number of fused-ring (bicyclic) bond motifs is 1. The Morgan fingerprint density at radius 1 is 1.15 bits per heavy atom. The average molecular weight is 365 g/mol. The second-order valence-corrected chi connectivity index (χ2v) is 9.11. The number of hydrogen-bond donors (Lipinski definition) is 0. The molecule has 6 heteroatoms. The van der Waals surface area contributed by atoms with Gasteiger partial charge in [0.15, 0.2) is 9.84 Å². The molecule has 0 saturated carbocycles. The number of rotatable bonds is 4. The third-order valence-corrected chi connectivity index (χ3v) is 6.79. The van der Waals surface area contributed by atoms with E-state index in [-0.39, 0.29) is 17.4 Å². The van der Waals surface area contributed by atoms with E-state index >= 15 is 0 Å². The van der Waals surface area contributed by atoms with E-state index in [1.165, 1.54) is 0 Å². The predicted molar refractivity (Wildman–Crippen MR) is 100 cm³/mol. The molecule has 1 fully saturated rings. The third-order valence-electron chi connectivity index (χ3n) is 4.96. The van der Waals surface area contributed by atoms with E-state index < -0.39 is 9.84 Å². The number of nitrogens with zero attached hydrogens (tertiary/aromatic N) is 3. The number of imidazole rings is 1. The van der Waals surface area contributed by atoms with Crippen molar-refractivity contribution in [3.63, 3.8) is 0 Å². The Labute approximate surface area is 152 Å². The van der Waals surface area contributed by atoms with Crippen molar-refractivity contribution < 1.29 is 8.42 Å². The second-order valence-electron chi connectivity index (χ2n) is 6.88. The third kappa shape index (κ3) is 3.35. The molecule has 0 radical (unpaired) electrons. The fourth-order valence-corrected chi connectivity index (χ4v) is 5.48. The molecule has 2 aromatic carbocycles. The number of sulfone groups is 1. The molecule has 1 unspecified atom stereocenters. The molecular formula is C20H19N3O2S. The van der Waals surface area contributed by atoms with Crippen LogP contribution in [0.2, 0.25) is 0 Å². The monoisotopic (exact) mass is 365 g/mol. The minimum atomic E-state index is -2.89. The zero-order valence-corrected chi connectivity index (χ0v) is 15.1. The average Bonchev–Trinajstić information content (AvgIpc) is 3.15. The first kappa shape index (κ1) is 16.8. The lowest BCUT2D eigenvalue weighted by molar-refractivity contribution is 0.554. The molecule has 1 aliphatic heterocycles. The fourth-order valence-electron chi connectivity index (χ4n) is 3.62. The highest BCUT2D eigenvalue weighted by Crippen LogP contribution is 2.25. The molecule has 0 spiro atoms. The van der Waals surface area contributed by atoms with Gasteiger partial charge in [-0.2, -0.15) is 5.26 Å². The van der Waals surface area contributed by atoms with E-state index in [2.05, 4.69) is 10.6 Å². The largest absolute Gasteiger partial charge is 0.323 e. The first-order valence-corrected chi connectivity index (χ1v) is 10.5. The standard InChI is InChI=1S/C20H19N3O2S/c21-12-15-5-7-16(8-6-15)13-23-19-4-2-1-3-18(19)22-20(23)11-17-9-10-26(24,25)14-17/h1-8,17H,9-11,13-14H2. The molecule has 4 rings (SSSR count). The Morgan fingerprint density at radius 3 is 2.62 bits per heavy atom. The summed E-state index contributed by atoms with van der Waals surface area (Å²) < 4.78 is 25.7. The van der Waals surface area contributed by atoms with Gasteiger partial charge in [0.05, 0.1) is 34.2 Å². The van der Waals surface area contributed by atoms with Crippen molar-refractivity contribution in [3.8, 4) is 6.07 Å². The number of nitriles is 1. The van der Waals surface area contributed by atoms with Crippen molar-refractivity contribution in [2.24, 2.45) is 5.92 Å². The zero-order valence-electron chi connectivity index (χ0n) is 14.3. The van der Waals surface area contributed by atoms with Crippen LogP contribution in [0.5, 0.6) is 0 Å². The van der Waals surface area contributed by atoms with Crippen LogP contribution in [0.15, 0.2) is 48.5 Å². The van der Waals surface area contributed by atoms with Crippen molar-refractivity contribution >= 4 is 20.9 Å². The lowest BCUT2D eigenvalue weighted by Gasteiger charge is -2.12. The van der Waals surface area contributed by atoms with E-state index in [1.54, 1.807) is 0 Å². The maximum Gasteiger partial charge on any atom is 0.150 e. The van der Waals surface area contributed by atoms with Crippen LogP contribution >= 0.6 is 0 Å². The van der Waals surface area contributed by atoms with Gasteiger partial charge in [0.25, 0.3) is 0 Å². The van der Waals surface area contributed by atoms with E-state index in [0.717, 1.165) is 22.4 Å². The minimum Gasteiger partial charge on any atom is -0.323 e. The van der Waals surface area contributed by atoms with Gasteiger partial charge in [0, 0.05) is 13.0 Å². The van der Waals surface area contributed by atoms with Crippen LogP contribution in [0.25, 0.3) is 11.0 Å². The molecule has 0 aliphatic carbocycles. The molecule has 1 atom stereocenters. The summed E-state index contributed by atoms with van der Waals surface area (Å²) in [6, 6.07) is 17.7. The zero-order chi connectivity index (χ0) is 18.1. The SMILES string of the molecule is N#Cc1ccc(Cn2c(CC3CCS(=O)(=O)C3)nc3ccccc32)cc1. The highest BCUT2D eigenvalue weighted by Gasteiger charge is 2.29. The Hall–Kier alpha value is -2.65. The smallest absolute Gasteiger partial charge is 0.150 e. The highest BCUT2D eigenvalue weighted by atomic mass is 32.2. The summed E-state index contributed by atoms with van der Waals surface area (Å²) in [6.07, 6.45) is 1.38. The number of benzene rings is 2. The maximum absolute atomic E-state index is 11.8. The molecule has 0 amide bonds. The van der Waals surface area contributed by atoms with Gasteiger partial charge in [-0.3, -0.25) is 0 Å². The summed E-state index contributed by atoms with van der Waals surface area (Å²) in [5.74, 6) is 1.61. The maximum atomic E-state index is 11.8. The summed E-state index contributed by atoms with van der Waals surface area (Å²) in [6.45, 7) is 0.654. The molecule has 5 nitrogen and oxygen atoms in total. The van der Waals surface area contributed by atoms with Gasteiger partial charge in [-0.25, -0.2) is 13.4 Å². The van der Waals surface area contributed by atoms with Gasteiger partial charge in [-0.15, -0.1) is 0 Å². The van der Waals surface area contributed by atoms with Gasteiger partial charge in [-0.1, -0.05) is 24.3 Å². The normalized spacial score (nSPS) is 18.8. The van der Waals surface area contributed by atoms with Crippen LogP contribution < -0.4 is 0 Å². The van der Waals surface area contributed by atoms with Crippen LogP contribution in [0.1, 0.15) is 23.4 Å². The Kier molecular flexibility index (Phi) is 4.25. The van der Waals surface area contributed by atoms with E-state index in [4.69, 9.17) is 10.2 Å². The molecule has 1 aliphatic rings. The summed E-state index contributed by atoms with van der Waals surface area (Å²) in [5.41, 5.74) is 3.71. The van der Waals surface area contributed by atoms with Crippen LogP contribution in [0.3, 0.4) is 0 Å². The van der Waals surface area contributed by atoms with Crippen molar-refractivity contribution in [2.45, 2.75) is 19.4 Å². The first-order chi connectivity index (χ1) is 12.5. The minimum absolute atomic E-state index is 0.136. The first-order valence-electron chi connectivity index (χ1n) is 8.68. The van der Waals surface area contributed by atoms with E-state index in [1.807, 2.05) is 48.5 Å². The number of para-hydroxylation sites is 2. The molecule has 1 saturated heterocycles. The number of hydrogen-bond acceptors (Lipinski definition) is 4. The Balaban J connectivity index is 1.68. The van der Waals surface area contributed by atoms with E-state index in [0.29, 0.717) is 24.9 Å². The molecule has 26 heavy (non-hydrogen) atoms. The fraction of sp³-hybridized carbons (Fsp3) is 0.300. The second kappa shape index (κ2) is 6.58. The molecular weight excluding hydrogens is 346 g/mol. The number of aromatic nitrogens is 2. The Morgan fingerprint density at radius 2 is 1.92 bits per heavy atom. The van der Waals surface area contributed by atoms with Gasteiger partial charge < -0.3 is 4.57 Å². The lowest BCUT2D eigenvalue weighted by atomic mass is 10.0. The molecule has 2 heterocycles. The topological polar surface area (TPSA) is 75.8 Å². The van der Waals surface area contributed by atoms with Gasteiger partial charge in [-0.05, 0) is 42.2 Å². The summed E-state index contributed by atoms with van der Waals surface area (Å²) in [5, 5.41) is 8.96. The summed E-state index contributed by atoms with van der Waals surface area (Å²) >= 11 is 0. The van der Waals surface area contributed by atoms with Crippen LogP contribution in [0.4, 0.5) is 0 Å².